The average Bonchev–Trinajstić information content (AvgIpc) is 2.98. The summed E-state index contributed by atoms with van der Waals surface area (Å²) < 4.78 is 11.6. The molecule has 0 spiro atoms. The number of allylic oxidation sites excluding steroid dienone is 3. The first-order chi connectivity index (χ1) is 20.4. The van der Waals surface area contributed by atoms with E-state index in [1.165, 1.54) is 29.8 Å². The number of ether oxygens (including phenoxy) is 2. The molecule has 2 aromatic carbocycles. The van der Waals surface area contributed by atoms with Crippen molar-refractivity contribution in [2.45, 2.75) is 57.0 Å². The molecule has 0 bridgehead atoms. The number of hydrogen-bond donors (Lipinski definition) is 2. The fraction of sp³-hybridized carbons (Fsp3) is 0.424. The lowest BCUT2D eigenvalue weighted by Gasteiger charge is -2.26. The third kappa shape index (κ3) is 7.91. The Labute approximate surface area is 253 Å². The SMILES string of the molecule is CCC1CC(C)=C(Nc2nc(Sc3ccc(NC(C)=O)cc3)nc3cc(OCCCN4CCOCC4)ccc23)C=C1C. The molecule has 8 nitrogen and oxygen atoms in total. The van der Waals surface area contributed by atoms with Crippen molar-refractivity contribution in [3.8, 4) is 5.75 Å². The van der Waals surface area contributed by atoms with Crippen molar-refractivity contribution < 1.29 is 14.3 Å². The number of amides is 1. The number of carbonyl (C=O) groups excluding carboxylic acids is 1. The molecule has 2 heterocycles. The van der Waals surface area contributed by atoms with Crippen LogP contribution in [0.3, 0.4) is 0 Å². The summed E-state index contributed by atoms with van der Waals surface area (Å²) in [5.41, 5.74) is 5.43. The van der Waals surface area contributed by atoms with Crippen molar-refractivity contribution >= 4 is 40.1 Å². The molecule has 42 heavy (non-hydrogen) atoms. The van der Waals surface area contributed by atoms with E-state index < -0.39 is 0 Å². The molecule has 0 radical (unpaired) electrons. The van der Waals surface area contributed by atoms with E-state index in [0.29, 0.717) is 17.7 Å². The first-order valence-corrected chi connectivity index (χ1v) is 15.6. The van der Waals surface area contributed by atoms with Gasteiger partial charge in [0.1, 0.15) is 11.6 Å². The fourth-order valence-electron chi connectivity index (χ4n) is 5.38. The summed E-state index contributed by atoms with van der Waals surface area (Å²) >= 11 is 1.49. The number of nitrogens with one attached hydrogen (secondary N) is 2. The third-order valence-corrected chi connectivity index (χ3v) is 8.67. The summed E-state index contributed by atoms with van der Waals surface area (Å²) in [5, 5.41) is 8.05. The summed E-state index contributed by atoms with van der Waals surface area (Å²) in [6.45, 7) is 13.4. The van der Waals surface area contributed by atoms with E-state index in [1.807, 2.05) is 36.4 Å². The van der Waals surface area contributed by atoms with Gasteiger partial charge < -0.3 is 20.1 Å². The smallest absolute Gasteiger partial charge is 0.221 e. The predicted octanol–water partition coefficient (Wildman–Crippen LogP) is 6.90. The standard InChI is InChI=1S/C33H41N5O3S/c1-5-25-19-23(3)30(20-22(25)2)35-32-29-12-9-27(41-16-6-13-38-14-17-40-18-15-38)21-31(29)36-33(37-32)42-28-10-7-26(8-11-28)34-24(4)39/h7-12,20-21,25H,5-6,13-19H2,1-4H3,(H,34,39)(H,35,36,37). The monoisotopic (exact) mass is 587 g/mol. The summed E-state index contributed by atoms with van der Waals surface area (Å²) in [4.78, 5) is 24.7. The minimum Gasteiger partial charge on any atom is -0.493 e. The molecule has 1 aliphatic carbocycles. The first kappa shape index (κ1) is 30.1. The molecular formula is C33H41N5O3S. The Hall–Kier alpha value is -3.40. The molecule has 0 saturated carbocycles. The number of hydrogen-bond acceptors (Lipinski definition) is 8. The van der Waals surface area contributed by atoms with Crippen LogP contribution >= 0.6 is 11.8 Å². The number of anilines is 2. The lowest BCUT2D eigenvalue weighted by Crippen LogP contribution is -2.37. The van der Waals surface area contributed by atoms with Crippen LogP contribution < -0.4 is 15.4 Å². The minimum atomic E-state index is -0.0926. The van der Waals surface area contributed by atoms with Crippen molar-refractivity contribution in [3.05, 3.63) is 65.4 Å². The van der Waals surface area contributed by atoms with Crippen LogP contribution in [0.2, 0.25) is 0 Å². The molecule has 1 saturated heterocycles. The van der Waals surface area contributed by atoms with Gasteiger partial charge in [0.25, 0.3) is 0 Å². The van der Waals surface area contributed by atoms with E-state index in [0.717, 1.165) is 90.9 Å². The number of fused-ring (bicyclic) bond motifs is 1. The number of rotatable bonds is 11. The zero-order chi connectivity index (χ0) is 29.5. The largest absolute Gasteiger partial charge is 0.493 e. The Bertz CT molecular complexity index is 1460. The van der Waals surface area contributed by atoms with Crippen LogP contribution in [0.25, 0.3) is 10.9 Å². The maximum absolute atomic E-state index is 11.4. The van der Waals surface area contributed by atoms with Crippen LogP contribution in [0.1, 0.15) is 47.0 Å². The molecular weight excluding hydrogens is 546 g/mol. The van der Waals surface area contributed by atoms with Crippen molar-refractivity contribution in [1.82, 2.24) is 14.9 Å². The summed E-state index contributed by atoms with van der Waals surface area (Å²) in [5.74, 6) is 2.08. The summed E-state index contributed by atoms with van der Waals surface area (Å²) in [6.07, 6.45) is 5.41. The maximum Gasteiger partial charge on any atom is 0.221 e. The predicted molar refractivity (Wildman–Crippen MR) is 170 cm³/mol. The number of aromatic nitrogens is 2. The second-order valence-corrected chi connectivity index (χ2v) is 12.1. The Kier molecular flexibility index (Phi) is 10.2. The van der Waals surface area contributed by atoms with E-state index in [-0.39, 0.29) is 5.91 Å². The number of carbonyl (C=O) groups is 1. The van der Waals surface area contributed by atoms with Gasteiger partial charge in [-0.3, -0.25) is 9.69 Å². The second-order valence-electron chi connectivity index (χ2n) is 11.0. The van der Waals surface area contributed by atoms with E-state index >= 15 is 0 Å². The topological polar surface area (TPSA) is 88.6 Å². The highest BCUT2D eigenvalue weighted by atomic mass is 32.2. The Morgan fingerprint density at radius 3 is 2.64 bits per heavy atom. The van der Waals surface area contributed by atoms with Crippen LogP contribution in [0, 0.1) is 5.92 Å². The highest BCUT2D eigenvalue weighted by Crippen LogP contribution is 2.35. The van der Waals surface area contributed by atoms with Gasteiger partial charge in [-0.15, -0.1) is 0 Å². The molecule has 222 valence electrons. The number of nitrogens with zero attached hydrogens (tertiary/aromatic N) is 3. The van der Waals surface area contributed by atoms with Gasteiger partial charge >= 0.3 is 0 Å². The molecule has 2 aliphatic rings. The molecule has 1 aliphatic heterocycles. The van der Waals surface area contributed by atoms with Crippen LogP contribution in [0.4, 0.5) is 11.5 Å². The van der Waals surface area contributed by atoms with Crippen LogP contribution in [-0.4, -0.2) is 60.2 Å². The van der Waals surface area contributed by atoms with Crippen LogP contribution in [0.15, 0.2) is 75.4 Å². The van der Waals surface area contributed by atoms with Crippen molar-refractivity contribution in [2.75, 3.05) is 50.1 Å². The van der Waals surface area contributed by atoms with Gasteiger partial charge in [-0.25, -0.2) is 9.97 Å². The van der Waals surface area contributed by atoms with E-state index in [1.54, 1.807) is 0 Å². The Balaban J connectivity index is 1.38. The fourth-order valence-corrected chi connectivity index (χ4v) is 6.15. The summed E-state index contributed by atoms with van der Waals surface area (Å²) in [7, 11) is 0. The lowest BCUT2D eigenvalue weighted by atomic mass is 9.85. The van der Waals surface area contributed by atoms with Gasteiger partial charge in [0.05, 0.1) is 25.3 Å². The maximum atomic E-state index is 11.4. The van der Waals surface area contributed by atoms with Gasteiger partial charge in [0.2, 0.25) is 5.91 Å². The van der Waals surface area contributed by atoms with Crippen LogP contribution in [-0.2, 0) is 9.53 Å². The van der Waals surface area contributed by atoms with Crippen molar-refractivity contribution in [1.29, 1.82) is 0 Å². The number of morpholine rings is 1. The molecule has 1 atom stereocenters. The normalized spacial score (nSPS) is 17.7. The highest BCUT2D eigenvalue weighted by molar-refractivity contribution is 7.99. The molecule has 3 aromatic rings. The molecule has 1 aromatic heterocycles. The minimum absolute atomic E-state index is 0.0926. The van der Waals surface area contributed by atoms with Crippen molar-refractivity contribution in [3.63, 3.8) is 0 Å². The van der Waals surface area contributed by atoms with Crippen molar-refractivity contribution in [2.24, 2.45) is 5.92 Å². The number of benzene rings is 2. The van der Waals surface area contributed by atoms with Gasteiger partial charge in [-0.2, -0.15) is 0 Å². The highest BCUT2D eigenvalue weighted by Gasteiger charge is 2.19. The van der Waals surface area contributed by atoms with E-state index in [4.69, 9.17) is 19.4 Å². The zero-order valence-electron chi connectivity index (χ0n) is 25.0. The first-order valence-electron chi connectivity index (χ1n) is 14.8. The lowest BCUT2D eigenvalue weighted by molar-refractivity contribution is -0.114. The van der Waals surface area contributed by atoms with E-state index in [2.05, 4.69) is 48.4 Å². The molecule has 9 heteroatoms. The van der Waals surface area contributed by atoms with Gasteiger partial charge in [-0.1, -0.05) is 12.5 Å². The zero-order valence-corrected chi connectivity index (χ0v) is 25.9. The average molecular weight is 588 g/mol. The van der Waals surface area contributed by atoms with E-state index in [9.17, 15) is 4.79 Å². The quantitative estimate of drug-likeness (QED) is 0.185. The Morgan fingerprint density at radius 1 is 1.12 bits per heavy atom. The van der Waals surface area contributed by atoms with Gasteiger partial charge in [0.15, 0.2) is 5.16 Å². The van der Waals surface area contributed by atoms with Gasteiger partial charge in [0, 0.05) is 54.3 Å². The molecule has 1 amide bonds. The summed E-state index contributed by atoms with van der Waals surface area (Å²) in [6, 6.07) is 13.8. The second kappa shape index (κ2) is 14.2. The third-order valence-electron chi connectivity index (χ3n) is 7.80. The Morgan fingerprint density at radius 2 is 1.90 bits per heavy atom. The molecule has 1 unspecified atom stereocenters. The van der Waals surface area contributed by atoms with Crippen LogP contribution in [0.5, 0.6) is 5.75 Å². The molecule has 5 rings (SSSR count). The van der Waals surface area contributed by atoms with Gasteiger partial charge in [-0.05, 0) is 98.8 Å². The molecule has 1 fully saturated rings. The molecule has 2 N–H and O–H groups in total.